The first-order valence-electron chi connectivity index (χ1n) is 8.75. The Morgan fingerprint density at radius 3 is 2.85 bits per heavy atom. The summed E-state index contributed by atoms with van der Waals surface area (Å²) < 4.78 is 5.41. The first kappa shape index (κ1) is 16.5. The zero-order valence-electron chi connectivity index (χ0n) is 14.6. The summed E-state index contributed by atoms with van der Waals surface area (Å²) >= 11 is 0. The van der Waals surface area contributed by atoms with Gasteiger partial charge in [0, 0.05) is 31.6 Å². The van der Waals surface area contributed by atoms with Crippen LogP contribution in [0.25, 0.3) is 10.8 Å². The van der Waals surface area contributed by atoms with E-state index in [1.807, 2.05) is 31.2 Å². The number of pyridine rings is 3. The van der Waals surface area contributed by atoms with Gasteiger partial charge in [0.05, 0.1) is 5.39 Å². The average Bonchev–Trinajstić information content (AvgIpc) is 2.62. The van der Waals surface area contributed by atoms with Crippen molar-refractivity contribution in [3.05, 3.63) is 52.6 Å². The number of hydrogen-bond acceptors (Lipinski definition) is 6. The van der Waals surface area contributed by atoms with Crippen molar-refractivity contribution in [1.29, 1.82) is 0 Å². The van der Waals surface area contributed by atoms with E-state index >= 15 is 0 Å². The third kappa shape index (κ3) is 3.52. The van der Waals surface area contributed by atoms with Gasteiger partial charge in [-0.1, -0.05) is 0 Å². The first-order valence-corrected chi connectivity index (χ1v) is 8.75. The molecule has 0 saturated carbocycles. The molecular formula is C19H21N5O2. The Hall–Kier alpha value is -2.93. The number of fused-ring (bicyclic) bond motifs is 1. The predicted molar refractivity (Wildman–Crippen MR) is 102 cm³/mol. The molecule has 134 valence electrons. The minimum Gasteiger partial charge on any atom is -0.381 e. The number of nitrogens with one attached hydrogen (secondary N) is 3. The molecule has 0 atom stereocenters. The fourth-order valence-electron chi connectivity index (χ4n) is 3.15. The van der Waals surface area contributed by atoms with E-state index in [0.717, 1.165) is 42.8 Å². The molecule has 3 N–H and O–H groups in total. The second-order valence-corrected chi connectivity index (χ2v) is 6.50. The van der Waals surface area contributed by atoms with Crippen LogP contribution in [0.3, 0.4) is 0 Å². The molecule has 0 amide bonds. The van der Waals surface area contributed by atoms with Crippen LogP contribution in [0.4, 0.5) is 17.5 Å². The molecule has 1 aliphatic rings. The minimum absolute atomic E-state index is 0.148. The van der Waals surface area contributed by atoms with Crippen LogP contribution in [0, 0.1) is 6.92 Å². The number of aryl methyl sites for hydroxylation is 1. The molecule has 3 aromatic rings. The molecule has 3 aromatic heterocycles. The quantitative estimate of drug-likeness (QED) is 0.669. The summed E-state index contributed by atoms with van der Waals surface area (Å²) in [4.78, 5) is 24.1. The Morgan fingerprint density at radius 2 is 2.04 bits per heavy atom. The maximum atomic E-state index is 12.4. The molecule has 0 aliphatic carbocycles. The van der Waals surface area contributed by atoms with E-state index in [0.29, 0.717) is 17.0 Å². The SMILES string of the molecule is Cc1ccnc(Nc2cc3cc[nH]c(=O)c3c(NC3CCOCC3)n2)c1. The zero-order valence-corrected chi connectivity index (χ0v) is 14.6. The highest BCUT2D eigenvalue weighted by Crippen LogP contribution is 2.25. The van der Waals surface area contributed by atoms with Crippen molar-refractivity contribution < 1.29 is 4.74 Å². The molecule has 0 aromatic carbocycles. The number of ether oxygens (including phenoxy) is 1. The molecule has 4 heterocycles. The number of aromatic amines is 1. The summed E-state index contributed by atoms with van der Waals surface area (Å²) in [7, 11) is 0. The maximum absolute atomic E-state index is 12.4. The molecular weight excluding hydrogens is 330 g/mol. The van der Waals surface area contributed by atoms with E-state index in [4.69, 9.17) is 4.74 Å². The fourth-order valence-corrected chi connectivity index (χ4v) is 3.15. The predicted octanol–water partition coefficient (Wildman–Crippen LogP) is 2.96. The molecule has 7 nitrogen and oxygen atoms in total. The largest absolute Gasteiger partial charge is 0.381 e. The van der Waals surface area contributed by atoms with Crippen LogP contribution in [-0.4, -0.2) is 34.2 Å². The summed E-state index contributed by atoms with van der Waals surface area (Å²) in [5, 5.41) is 8.06. The third-order valence-corrected chi connectivity index (χ3v) is 4.49. The van der Waals surface area contributed by atoms with E-state index in [1.165, 1.54) is 0 Å². The van der Waals surface area contributed by atoms with Crippen LogP contribution in [0.2, 0.25) is 0 Å². The molecule has 0 bridgehead atoms. The van der Waals surface area contributed by atoms with Gasteiger partial charge in [-0.05, 0) is 55.0 Å². The molecule has 0 unspecified atom stereocenters. The van der Waals surface area contributed by atoms with Crippen molar-refractivity contribution in [2.24, 2.45) is 0 Å². The van der Waals surface area contributed by atoms with Crippen molar-refractivity contribution in [3.8, 4) is 0 Å². The van der Waals surface area contributed by atoms with Gasteiger partial charge in [0.25, 0.3) is 5.56 Å². The van der Waals surface area contributed by atoms with E-state index in [1.54, 1.807) is 12.4 Å². The van der Waals surface area contributed by atoms with Crippen molar-refractivity contribution in [1.82, 2.24) is 15.0 Å². The Balaban J connectivity index is 1.73. The van der Waals surface area contributed by atoms with Gasteiger partial charge >= 0.3 is 0 Å². The van der Waals surface area contributed by atoms with Gasteiger partial charge in [0.1, 0.15) is 17.5 Å². The normalized spacial score (nSPS) is 15.1. The second-order valence-electron chi connectivity index (χ2n) is 6.50. The van der Waals surface area contributed by atoms with E-state index in [2.05, 4.69) is 25.6 Å². The minimum atomic E-state index is -0.148. The van der Waals surface area contributed by atoms with Crippen LogP contribution in [0.1, 0.15) is 18.4 Å². The number of aromatic nitrogens is 3. The number of anilines is 3. The van der Waals surface area contributed by atoms with Crippen LogP contribution in [0.5, 0.6) is 0 Å². The second kappa shape index (κ2) is 7.13. The topological polar surface area (TPSA) is 91.9 Å². The summed E-state index contributed by atoms with van der Waals surface area (Å²) in [5.41, 5.74) is 0.963. The number of rotatable bonds is 4. The van der Waals surface area contributed by atoms with E-state index < -0.39 is 0 Å². The smallest absolute Gasteiger partial charge is 0.259 e. The van der Waals surface area contributed by atoms with Crippen LogP contribution >= 0.6 is 0 Å². The molecule has 7 heteroatoms. The molecule has 1 saturated heterocycles. The standard InChI is InChI=1S/C19H21N5O2/c1-12-2-6-20-15(10-12)23-16-11-13-3-7-21-19(25)17(13)18(24-16)22-14-4-8-26-9-5-14/h2-3,6-7,10-11,14H,4-5,8-9H2,1H3,(H,21,25)(H2,20,22,23,24). The highest BCUT2D eigenvalue weighted by Gasteiger charge is 2.17. The van der Waals surface area contributed by atoms with Crippen molar-refractivity contribution >= 4 is 28.2 Å². The molecule has 1 aliphatic heterocycles. The van der Waals surface area contributed by atoms with Gasteiger partial charge in [0.15, 0.2) is 0 Å². The van der Waals surface area contributed by atoms with Crippen molar-refractivity contribution in [3.63, 3.8) is 0 Å². The van der Waals surface area contributed by atoms with Gasteiger partial charge < -0.3 is 20.4 Å². The van der Waals surface area contributed by atoms with E-state index in [9.17, 15) is 4.79 Å². The lowest BCUT2D eigenvalue weighted by atomic mass is 10.1. The maximum Gasteiger partial charge on any atom is 0.259 e. The van der Waals surface area contributed by atoms with Crippen molar-refractivity contribution in [2.45, 2.75) is 25.8 Å². The monoisotopic (exact) mass is 351 g/mol. The number of hydrogen-bond donors (Lipinski definition) is 3. The first-order chi connectivity index (χ1) is 12.7. The summed E-state index contributed by atoms with van der Waals surface area (Å²) in [5.74, 6) is 1.96. The third-order valence-electron chi connectivity index (χ3n) is 4.49. The lowest BCUT2D eigenvalue weighted by Gasteiger charge is -2.24. The van der Waals surface area contributed by atoms with Gasteiger partial charge in [-0.2, -0.15) is 0 Å². The van der Waals surface area contributed by atoms with Gasteiger partial charge in [-0.3, -0.25) is 4.79 Å². The summed E-state index contributed by atoms with van der Waals surface area (Å²) in [6.45, 7) is 3.45. The Morgan fingerprint density at radius 1 is 1.19 bits per heavy atom. The molecule has 0 radical (unpaired) electrons. The van der Waals surface area contributed by atoms with Crippen LogP contribution in [0.15, 0.2) is 41.5 Å². The molecule has 1 fully saturated rings. The summed E-state index contributed by atoms with van der Waals surface area (Å²) in [6.07, 6.45) is 5.19. The van der Waals surface area contributed by atoms with Crippen molar-refractivity contribution in [2.75, 3.05) is 23.8 Å². The van der Waals surface area contributed by atoms with Gasteiger partial charge in [-0.25, -0.2) is 9.97 Å². The zero-order chi connectivity index (χ0) is 17.9. The Kier molecular flexibility index (Phi) is 4.53. The van der Waals surface area contributed by atoms with Gasteiger partial charge in [-0.15, -0.1) is 0 Å². The molecule has 26 heavy (non-hydrogen) atoms. The van der Waals surface area contributed by atoms with E-state index in [-0.39, 0.29) is 11.6 Å². The highest BCUT2D eigenvalue weighted by atomic mass is 16.5. The number of nitrogens with zero attached hydrogens (tertiary/aromatic N) is 2. The van der Waals surface area contributed by atoms with Crippen LogP contribution in [-0.2, 0) is 4.74 Å². The highest BCUT2D eigenvalue weighted by molar-refractivity contribution is 5.93. The summed E-state index contributed by atoms with van der Waals surface area (Å²) in [6, 6.07) is 7.88. The van der Waals surface area contributed by atoms with Crippen LogP contribution < -0.4 is 16.2 Å². The lowest BCUT2D eigenvalue weighted by molar-refractivity contribution is 0.0904. The Labute approximate surface area is 150 Å². The molecule has 4 rings (SSSR count). The lowest BCUT2D eigenvalue weighted by Crippen LogP contribution is -2.29. The molecule has 0 spiro atoms. The Bertz CT molecular complexity index is 979. The number of H-pyrrole nitrogens is 1. The fraction of sp³-hybridized carbons (Fsp3) is 0.316. The average molecular weight is 351 g/mol. The van der Waals surface area contributed by atoms with Gasteiger partial charge in [0.2, 0.25) is 0 Å².